The first kappa shape index (κ1) is 21.3. The minimum atomic E-state index is 0.444. The minimum Gasteiger partial charge on any atom is -0.493 e. The summed E-state index contributed by atoms with van der Waals surface area (Å²) in [5, 5.41) is 6.50. The van der Waals surface area contributed by atoms with E-state index in [-0.39, 0.29) is 0 Å². The molecule has 2 N–H and O–H groups in total. The van der Waals surface area contributed by atoms with Crippen molar-refractivity contribution in [3.05, 3.63) is 42.1 Å². The zero-order valence-electron chi connectivity index (χ0n) is 16.8. The lowest BCUT2D eigenvalue weighted by Gasteiger charge is -2.15. The van der Waals surface area contributed by atoms with Gasteiger partial charge in [0.1, 0.15) is 6.61 Å². The van der Waals surface area contributed by atoms with Gasteiger partial charge in [-0.3, -0.25) is 4.99 Å². The molecule has 0 radical (unpaired) electrons. The molecule has 1 heterocycles. The van der Waals surface area contributed by atoms with Crippen LogP contribution in [0.3, 0.4) is 0 Å². The van der Waals surface area contributed by atoms with Crippen molar-refractivity contribution in [1.82, 2.24) is 10.3 Å². The minimum absolute atomic E-state index is 0.444. The van der Waals surface area contributed by atoms with Crippen molar-refractivity contribution >= 4 is 11.6 Å². The summed E-state index contributed by atoms with van der Waals surface area (Å²) >= 11 is 0. The standard InChI is InChI=1S/C20H28N4O4/c1-5-27-18-13-16(8-9-17(18)26-4)24-20(21-2)23-14-15-7-6-10-22-19(15)28-12-11-25-3/h6-10,13H,5,11-12,14H2,1-4H3,(H2,21,23,24). The Morgan fingerprint density at radius 1 is 1.11 bits per heavy atom. The summed E-state index contributed by atoms with van der Waals surface area (Å²) in [6.45, 7) is 3.94. The first-order valence-corrected chi connectivity index (χ1v) is 9.06. The normalized spacial score (nSPS) is 11.1. The largest absolute Gasteiger partial charge is 0.493 e. The fourth-order valence-electron chi connectivity index (χ4n) is 2.43. The molecule has 152 valence electrons. The van der Waals surface area contributed by atoms with Gasteiger partial charge in [-0.25, -0.2) is 4.98 Å². The van der Waals surface area contributed by atoms with Crippen molar-refractivity contribution in [2.24, 2.45) is 4.99 Å². The van der Waals surface area contributed by atoms with Crippen molar-refractivity contribution in [2.45, 2.75) is 13.5 Å². The Morgan fingerprint density at radius 3 is 2.68 bits per heavy atom. The number of benzene rings is 1. The second-order valence-electron chi connectivity index (χ2n) is 5.66. The molecule has 8 nitrogen and oxygen atoms in total. The van der Waals surface area contributed by atoms with Crippen LogP contribution in [0.25, 0.3) is 0 Å². The highest BCUT2D eigenvalue weighted by Crippen LogP contribution is 2.30. The van der Waals surface area contributed by atoms with Crippen LogP contribution in [0.5, 0.6) is 17.4 Å². The number of nitrogens with one attached hydrogen (secondary N) is 2. The lowest BCUT2D eigenvalue weighted by Crippen LogP contribution is -2.30. The Bertz CT molecular complexity index is 768. The molecular weight excluding hydrogens is 360 g/mol. The van der Waals surface area contributed by atoms with Gasteiger partial charge in [0.15, 0.2) is 17.5 Å². The number of guanidine groups is 1. The Hall–Kier alpha value is -3.00. The molecular formula is C20H28N4O4. The van der Waals surface area contributed by atoms with Crippen molar-refractivity contribution in [1.29, 1.82) is 0 Å². The number of pyridine rings is 1. The number of ether oxygens (including phenoxy) is 4. The first-order chi connectivity index (χ1) is 13.7. The highest BCUT2D eigenvalue weighted by molar-refractivity contribution is 5.93. The number of nitrogens with zero attached hydrogens (tertiary/aromatic N) is 2. The van der Waals surface area contributed by atoms with Crippen molar-refractivity contribution in [3.63, 3.8) is 0 Å². The number of hydrogen-bond acceptors (Lipinski definition) is 6. The Kier molecular flexibility index (Phi) is 8.87. The molecule has 0 fully saturated rings. The predicted molar refractivity (Wildman–Crippen MR) is 110 cm³/mol. The van der Waals surface area contributed by atoms with Gasteiger partial charge >= 0.3 is 0 Å². The topological polar surface area (TPSA) is 86.2 Å². The van der Waals surface area contributed by atoms with Gasteiger partial charge < -0.3 is 29.6 Å². The summed E-state index contributed by atoms with van der Waals surface area (Å²) in [5.41, 5.74) is 1.76. The molecule has 0 saturated carbocycles. The zero-order chi connectivity index (χ0) is 20.2. The van der Waals surface area contributed by atoms with Crippen LogP contribution in [0.2, 0.25) is 0 Å². The second kappa shape index (κ2) is 11.7. The number of hydrogen-bond donors (Lipinski definition) is 2. The number of anilines is 1. The molecule has 8 heteroatoms. The molecule has 0 bridgehead atoms. The maximum Gasteiger partial charge on any atom is 0.218 e. The molecule has 28 heavy (non-hydrogen) atoms. The van der Waals surface area contributed by atoms with E-state index in [0.717, 1.165) is 11.3 Å². The van der Waals surface area contributed by atoms with E-state index in [4.69, 9.17) is 18.9 Å². The fraction of sp³-hybridized carbons (Fsp3) is 0.400. The Morgan fingerprint density at radius 2 is 1.96 bits per heavy atom. The average Bonchev–Trinajstić information content (AvgIpc) is 2.72. The van der Waals surface area contributed by atoms with Crippen LogP contribution < -0.4 is 24.8 Å². The van der Waals surface area contributed by atoms with Gasteiger partial charge in [0.2, 0.25) is 5.88 Å². The molecule has 0 atom stereocenters. The summed E-state index contributed by atoms with van der Waals surface area (Å²) < 4.78 is 21.6. The molecule has 0 saturated heterocycles. The molecule has 0 spiro atoms. The summed E-state index contributed by atoms with van der Waals surface area (Å²) in [7, 11) is 4.96. The maximum absolute atomic E-state index is 5.66. The van der Waals surface area contributed by atoms with Crippen LogP contribution >= 0.6 is 0 Å². The van der Waals surface area contributed by atoms with Gasteiger partial charge in [-0.1, -0.05) is 6.07 Å². The van der Waals surface area contributed by atoms with Crippen molar-refractivity contribution in [3.8, 4) is 17.4 Å². The monoisotopic (exact) mass is 388 g/mol. The lowest BCUT2D eigenvalue weighted by atomic mass is 10.2. The zero-order valence-corrected chi connectivity index (χ0v) is 16.8. The van der Waals surface area contributed by atoms with E-state index in [9.17, 15) is 0 Å². The molecule has 0 aliphatic heterocycles. The van der Waals surface area contributed by atoms with Gasteiger partial charge in [0.25, 0.3) is 0 Å². The average molecular weight is 388 g/mol. The van der Waals surface area contributed by atoms with Crippen LogP contribution in [0, 0.1) is 0 Å². The van der Waals surface area contributed by atoms with Crippen LogP contribution in [0.1, 0.15) is 12.5 Å². The van der Waals surface area contributed by atoms with Crippen LogP contribution in [-0.4, -0.2) is 52.0 Å². The first-order valence-electron chi connectivity index (χ1n) is 9.06. The lowest BCUT2D eigenvalue weighted by molar-refractivity contribution is 0.143. The highest BCUT2D eigenvalue weighted by atomic mass is 16.5. The Balaban J connectivity index is 2.01. The molecule has 0 amide bonds. The third-order valence-electron chi connectivity index (χ3n) is 3.77. The van der Waals surface area contributed by atoms with Gasteiger partial charge in [-0.2, -0.15) is 0 Å². The highest BCUT2D eigenvalue weighted by Gasteiger charge is 2.09. The SMILES string of the molecule is CCOc1cc(NC(=NC)NCc2cccnc2OCCOC)ccc1OC. The summed E-state index contributed by atoms with van der Waals surface area (Å²) in [6, 6.07) is 9.45. The molecule has 2 rings (SSSR count). The quantitative estimate of drug-likeness (QED) is 0.368. The van der Waals surface area contributed by atoms with E-state index in [0.29, 0.717) is 49.7 Å². The van der Waals surface area contributed by atoms with Gasteiger partial charge in [-0.05, 0) is 25.1 Å². The number of aromatic nitrogens is 1. The third-order valence-corrected chi connectivity index (χ3v) is 3.77. The molecule has 2 aromatic rings. The van der Waals surface area contributed by atoms with Gasteiger partial charge in [0, 0.05) is 44.2 Å². The maximum atomic E-state index is 5.66. The summed E-state index contributed by atoms with van der Waals surface area (Å²) in [6.07, 6.45) is 1.70. The fourth-order valence-corrected chi connectivity index (χ4v) is 2.43. The van der Waals surface area contributed by atoms with E-state index in [1.807, 2.05) is 37.3 Å². The van der Waals surface area contributed by atoms with Crippen molar-refractivity contribution < 1.29 is 18.9 Å². The third kappa shape index (κ3) is 6.31. The molecule has 0 aliphatic rings. The summed E-state index contributed by atoms with van der Waals surface area (Å²) in [4.78, 5) is 8.54. The van der Waals surface area contributed by atoms with E-state index in [1.165, 1.54) is 0 Å². The van der Waals surface area contributed by atoms with E-state index < -0.39 is 0 Å². The Labute approximate surface area is 165 Å². The van der Waals surface area contributed by atoms with Crippen LogP contribution in [0.4, 0.5) is 5.69 Å². The van der Waals surface area contributed by atoms with E-state index >= 15 is 0 Å². The summed E-state index contributed by atoms with van der Waals surface area (Å²) in [5.74, 6) is 2.54. The smallest absolute Gasteiger partial charge is 0.218 e. The molecule has 0 unspecified atom stereocenters. The molecule has 1 aromatic carbocycles. The number of rotatable bonds is 10. The van der Waals surface area contributed by atoms with E-state index in [1.54, 1.807) is 27.5 Å². The van der Waals surface area contributed by atoms with Crippen molar-refractivity contribution in [2.75, 3.05) is 46.4 Å². The molecule has 1 aromatic heterocycles. The molecule has 0 aliphatic carbocycles. The van der Waals surface area contributed by atoms with Crippen LogP contribution in [0.15, 0.2) is 41.5 Å². The second-order valence-corrected chi connectivity index (χ2v) is 5.66. The van der Waals surface area contributed by atoms with Gasteiger partial charge in [0.05, 0.1) is 20.3 Å². The van der Waals surface area contributed by atoms with Gasteiger partial charge in [-0.15, -0.1) is 0 Å². The van der Waals surface area contributed by atoms with Crippen LogP contribution in [-0.2, 0) is 11.3 Å². The number of aliphatic imine (C=N–C) groups is 1. The predicted octanol–water partition coefficient (Wildman–Crippen LogP) is 2.70. The number of methoxy groups -OCH3 is 2. The van der Waals surface area contributed by atoms with E-state index in [2.05, 4.69) is 20.6 Å².